The Kier molecular flexibility index (Phi) is 6.88. The van der Waals surface area contributed by atoms with Gasteiger partial charge in [-0.25, -0.2) is 13.1 Å². The van der Waals surface area contributed by atoms with Crippen LogP contribution in [0.3, 0.4) is 0 Å². The standard InChI is InChI=1S/C24H27ClN4O3S/c1-16(2)28-33(31,32)17-6-7-21(25)19(14-17)24(30)27-22-8-9-23(29-12-4-3-5-13-29)18-10-11-26-15-20(18)22/h6-11,14-16,28H,3-5,12-13H2,1-2H3,(H,27,30). The molecule has 0 aliphatic carbocycles. The summed E-state index contributed by atoms with van der Waals surface area (Å²) in [7, 11) is -3.76. The first kappa shape index (κ1) is 23.5. The van der Waals surface area contributed by atoms with E-state index in [4.69, 9.17) is 11.6 Å². The Morgan fingerprint density at radius 3 is 2.55 bits per heavy atom. The Hall–Kier alpha value is -2.68. The predicted octanol–water partition coefficient (Wildman–Crippen LogP) is 4.82. The molecule has 0 bridgehead atoms. The van der Waals surface area contributed by atoms with E-state index in [0.717, 1.165) is 42.4 Å². The molecule has 0 radical (unpaired) electrons. The minimum Gasteiger partial charge on any atom is -0.371 e. The van der Waals surface area contributed by atoms with E-state index in [0.29, 0.717) is 5.69 Å². The molecule has 0 unspecified atom stereocenters. The van der Waals surface area contributed by atoms with Gasteiger partial charge in [0.25, 0.3) is 5.91 Å². The fraction of sp³-hybridized carbons (Fsp3) is 0.333. The van der Waals surface area contributed by atoms with Crippen LogP contribution < -0.4 is 14.9 Å². The summed E-state index contributed by atoms with van der Waals surface area (Å²) in [5, 5.41) is 4.89. The molecule has 1 aliphatic heterocycles. The average Bonchev–Trinajstić information content (AvgIpc) is 2.79. The third-order valence-corrected chi connectivity index (χ3v) is 7.61. The summed E-state index contributed by atoms with van der Waals surface area (Å²) in [6.45, 7) is 5.47. The number of hydrogen-bond donors (Lipinski definition) is 2. The molecule has 0 atom stereocenters. The molecule has 1 aromatic heterocycles. The predicted molar refractivity (Wildman–Crippen MR) is 133 cm³/mol. The highest BCUT2D eigenvalue weighted by Crippen LogP contribution is 2.34. The van der Waals surface area contributed by atoms with Gasteiger partial charge in [-0.15, -0.1) is 0 Å². The van der Waals surface area contributed by atoms with E-state index < -0.39 is 15.9 Å². The summed E-state index contributed by atoms with van der Waals surface area (Å²) in [5.41, 5.74) is 1.80. The van der Waals surface area contributed by atoms with Crippen molar-refractivity contribution >= 4 is 49.7 Å². The van der Waals surface area contributed by atoms with Crippen LogP contribution in [0.5, 0.6) is 0 Å². The second-order valence-electron chi connectivity index (χ2n) is 8.47. The highest BCUT2D eigenvalue weighted by molar-refractivity contribution is 7.89. The Bertz CT molecular complexity index is 1290. The topological polar surface area (TPSA) is 91.4 Å². The number of pyridine rings is 1. The van der Waals surface area contributed by atoms with Crippen LogP contribution in [0.4, 0.5) is 11.4 Å². The third kappa shape index (κ3) is 5.13. The van der Waals surface area contributed by atoms with E-state index in [9.17, 15) is 13.2 Å². The number of nitrogens with zero attached hydrogens (tertiary/aromatic N) is 2. The molecule has 9 heteroatoms. The van der Waals surface area contributed by atoms with E-state index in [1.165, 1.54) is 24.6 Å². The van der Waals surface area contributed by atoms with Crippen LogP contribution >= 0.6 is 11.6 Å². The van der Waals surface area contributed by atoms with Crippen molar-refractivity contribution in [1.82, 2.24) is 9.71 Å². The van der Waals surface area contributed by atoms with Crippen LogP contribution in [0.25, 0.3) is 10.8 Å². The zero-order valence-electron chi connectivity index (χ0n) is 18.6. The summed E-state index contributed by atoms with van der Waals surface area (Å²) in [6.07, 6.45) is 7.04. The minimum absolute atomic E-state index is 0.0160. The summed E-state index contributed by atoms with van der Waals surface area (Å²) in [4.78, 5) is 19.7. The minimum atomic E-state index is -3.76. The van der Waals surface area contributed by atoms with Crippen molar-refractivity contribution in [2.24, 2.45) is 0 Å². The summed E-state index contributed by atoms with van der Waals surface area (Å²) >= 11 is 6.26. The monoisotopic (exact) mass is 486 g/mol. The summed E-state index contributed by atoms with van der Waals surface area (Å²) in [6, 6.07) is 9.65. The highest BCUT2D eigenvalue weighted by Gasteiger charge is 2.21. The number of anilines is 2. The number of sulfonamides is 1. The van der Waals surface area contributed by atoms with Crippen LogP contribution in [0.1, 0.15) is 43.5 Å². The second kappa shape index (κ2) is 9.67. The molecular formula is C24H27ClN4O3S. The number of piperidine rings is 1. The lowest BCUT2D eigenvalue weighted by Gasteiger charge is -2.30. The van der Waals surface area contributed by atoms with Crippen molar-refractivity contribution < 1.29 is 13.2 Å². The van der Waals surface area contributed by atoms with Gasteiger partial charge < -0.3 is 10.2 Å². The Morgan fingerprint density at radius 1 is 1.06 bits per heavy atom. The number of amides is 1. The summed E-state index contributed by atoms with van der Waals surface area (Å²) < 4.78 is 27.6. The number of halogens is 1. The number of fused-ring (bicyclic) bond motifs is 1. The molecule has 33 heavy (non-hydrogen) atoms. The Morgan fingerprint density at radius 2 is 1.82 bits per heavy atom. The molecule has 3 aromatic rings. The zero-order chi connectivity index (χ0) is 23.6. The van der Waals surface area contributed by atoms with Crippen molar-refractivity contribution in [2.75, 3.05) is 23.3 Å². The lowest BCUT2D eigenvalue weighted by Crippen LogP contribution is -2.30. The van der Waals surface area contributed by atoms with E-state index in [2.05, 4.69) is 19.9 Å². The third-order valence-electron chi connectivity index (χ3n) is 5.62. The van der Waals surface area contributed by atoms with Gasteiger partial charge in [0.1, 0.15) is 0 Å². The van der Waals surface area contributed by atoms with Gasteiger partial charge in [0.2, 0.25) is 10.0 Å². The van der Waals surface area contributed by atoms with E-state index >= 15 is 0 Å². The van der Waals surface area contributed by atoms with Crippen molar-refractivity contribution in [1.29, 1.82) is 0 Å². The zero-order valence-corrected chi connectivity index (χ0v) is 20.2. The average molecular weight is 487 g/mol. The van der Waals surface area contributed by atoms with Gasteiger partial charge in [-0.3, -0.25) is 9.78 Å². The first-order valence-electron chi connectivity index (χ1n) is 11.0. The normalized spacial score (nSPS) is 14.6. The molecular weight excluding hydrogens is 460 g/mol. The molecule has 4 rings (SSSR count). The molecule has 0 spiro atoms. The lowest BCUT2D eigenvalue weighted by molar-refractivity contribution is 0.102. The summed E-state index contributed by atoms with van der Waals surface area (Å²) in [5.74, 6) is -0.488. The van der Waals surface area contributed by atoms with Gasteiger partial charge in [0.15, 0.2) is 0 Å². The first-order valence-corrected chi connectivity index (χ1v) is 12.9. The van der Waals surface area contributed by atoms with Gasteiger partial charge in [-0.1, -0.05) is 11.6 Å². The lowest BCUT2D eigenvalue weighted by atomic mass is 10.0. The second-order valence-corrected chi connectivity index (χ2v) is 10.6. The maximum Gasteiger partial charge on any atom is 0.257 e. The largest absolute Gasteiger partial charge is 0.371 e. The van der Waals surface area contributed by atoms with E-state index in [-0.39, 0.29) is 21.5 Å². The van der Waals surface area contributed by atoms with Crippen molar-refractivity contribution in [3.8, 4) is 0 Å². The molecule has 1 saturated heterocycles. The van der Waals surface area contributed by atoms with E-state index in [1.54, 1.807) is 26.2 Å². The fourth-order valence-corrected chi connectivity index (χ4v) is 5.59. The van der Waals surface area contributed by atoms with Crippen molar-refractivity contribution in [3.63, 3.8) is 0 Å². The van der Waals surface area contributed by atoms with E-state index in [1.807, 2.05) is 18.2 Å². The number of aromatic nitrogens is 1. The Labute approximate surface area is 199 Å². The van der Waals surface area contributed by atoms with Gasteiger partial charge >= 0.3 is 0 Å². The molecule has 2 N–H and O–H groups in total. The Balaban J connectivity index is 1.67. The van der Waals surface area contributed by atoms with Crippen LogP contribution in [0, 0.1) is 0 Å². The fourth-order valence-electron chi connectivity index (χ4n) is 4.11. The number of benzene rings is 2. The quantitative estimate of drug-likeness (QED) is 0.521. The van der Waals surface area contributed by atoms with Gasteiger partial charge in [0, 0.05) is 48.0 Å². The van der Waals surface area contributed by atoms with Gasteiger partial charge in [-0.2, -0.15) is 0 Å². The number of carbonyl (C=O) groups excluding carboxylic acids is 1. The maximum atomic E-state index is 13.1. The molecule has 1 amide bonds. The number of hydrogen-bond acceptors (Lipinski definition) is 5. The maximum absolute atomic E-state index is 13.1. The highest BCUT2D eigenvalue weighted by atomic mass is 35.5. The number of rotatable bonds is 6. The molecule has 2 heterocycles. The molecule has 1 aliphatic rings. The first-order chi connectivity index (χ1) is 15.8. The number of nitrogens with one attached hydrogen (secondary N) is 2. The van der Waals surface area contributed by atoms with Crippen LogP contribution in [0.2, 0.25) is 5.02 Å². The van der Waals surface area contributed by atoms with Crippen LogP contribution in [-0.4, -0.2) is 38.4 Å². The molecule has 0 saturated carbocycles. The molecule has 2 aromatic carbocycles. The van der Waals surface area contributed by atoms with Crippen molar-refractivity contribution in [2.45, 2.75) is 44.0 Å². The molecule has 7 nitrogen and oxygen atoms in total. The van der Waals surface area contributed by atoms with Gasteiger partial charge in [0.05, 0.1) is 21.2 Å². The SMILES string of the molecule is CC(C)NS(=O)(=O)c1ccc(Cl)c(C(=O)Nc2ccc(N3CCCCC3)c3ccncc23)c1. The number of carbonyl (C=O) groups is 1. The molecule has 174 valence electrons. The van der Waals surface area contributed by atoms with Gasteiger partial charge in [-0.05, 0) is 69.5 Å². The van der Waals surface area contributed by atoms with Crippen LogP contribution in [-0.2, 0) is 10.0 Å². The van der Waals surface area contributed by atoms with Crippen molar-refractivity contribution in [3.05, 3.63) is 59.4 Å². The molecule has 1 fully saturated rings. The van der Waals surface area contributed by atoms with Crippen LogP contribution in [0.15, 0.2) is 53.7 Å². The smallest absolute Gasteiger partial charge is 0.257 e.